The van der Waals surface area contributed by atoms with Gasteiger partial charge in [0.05, 0.1) is 28.3 Å². The minimum Gasteiger partial charge on any atom is -0.379 e. The third-order valence-electron chi connectivity index (χ3n) is 5.39. The molecule has 2 aromatic carbocycles. The van der Waals surface area contributed by atoms with Gasteiger partial charge in [-0.3, -0.25) is 4.79 Å². The van der Waals surface area contributed by atoms with E-state index in [2.05, 4.69) is 24.9 Å². The summed E-state index contributed by atoms with van der Waals surface area (Å²) in [7, 11) is -1.69. The molecular formula is C21H23N3O4S2. The van der Waals surface area contributed by atoms with Gasteiger partial charge < -0.3 is 9.30 Å². The molecule has 0 radical (unpaired) electrons. The lowest BCUT2D eigenvalue weighted by atomic mass is 10.1. The van der Waals surface area contributed by atoms with Gasteiger partial charge in [-0.1, -0.05) is 17.4 Å². The van der Waals surface area contributed by atoms with Gasteiger partial charge >= 0.3 is 0 Å². The van der Waals surface area contributed by atoms with Gasteiger partial charge in [-0.2, -0.15) is 9.30 Å². The Morgan fingerprint density at radius 3 is 2.40 bits per heavy atom. The summed E-state index contributed by atoms with van der Waals surface area (Å²) in [6.45, 7) is 5.56. The first-order valence-corrected chi connectivity index (χ1v) is 11.9. The second-order valence-electron chi connectivity index (χ2n) is 7.26. The van der Waals surface area contributed by atoms with Crippen LogP contribution in [0.2, 0.25) is 0 Å². The number of aryl methyl sites for hydroxylation is 3. The van der Waals surface area contributed by atoms with Crippen molar-refractivity contribution in [3.63, 3.8) is 0 Å². The Bertz CT molecular complexity index is 1280. The van der Waals surface area contributed by atoms with Crippen LogP contribution in [0.15, 0.2) is 46.3 Å². The third-order valence-corrected chi connectivity index (χ3v) is 8.40. The molecule has 1 amide bonds. The summed E-state index contributed by atoms with van der Waals surface area (Å²) in [4.78, 5) is 17.8. The summed E-state index contributed by atoms with van der Waals surface area (Å²) in [6.07, 6.45) is 0. The van der Waals surface area contributed by atoms with Gasteiger partial charge in [-0.15, -0.1) is 0 Å². The molecule has 7 nitrogen and oxygen atoms in total. The number of morpholine rings is 1. The van der Waals surface area contributed by atoms with Gasteiger partial charge in [0.2, 0.25) is 10.0 Å². The van der Waals surface area contributed by atoms with Crippen molar-refractivity contribution in [3.05, 3.63) is 57.9 Å². The number of carbonyl (C=O) groups excluding carboxylic acids is 1. The van der Waals surface area contributed by atoms with Gasteiger partial charge in [0, 0.05) is 25.7 Å². The predicted molar refractivity (Wildman–Crippen MR) is 116 cm³/mol. The fourth-order valence-corrected chi connectivity index (χ4v) is 5.98. The minimum atomic E-state index is -3.59. The molecule has 1 saturated heterocycles. The van der Waals surface area contributed by atoms with E-state index in [1.165, 1.54) is 45.5 Å². The highest BCUT2D eigenvalue weighted by Gasteiger charge is 2.26. The first-order valence-electron chi connectivity index (χ1n) is 9.62. The molecule has 4 rings (SSSR count). The van der Waals surface area contributed by atoms with Crippen molar-refractivity contribution >= 4 is 37.5 Å². The molecule has 1 fully saturated rings. The summed E-state index contributed by atoms with van der Waals surface area (Å²) >= 11 is 1.46. The van der Waals surface area contributed by atoms with Crippen molar-refractivity contribution in [1.29, 1.82) is 0 Å². The predicted octanol–water partition coefficient (Wildman–Crippen LogP) is 2.62. The number of nitrogens with zero attached hydrogens (tertiary/aromatic N) is 3. The van der Waals surface area contributed by atoms with Crippen LogP contribution in [0.5, 0.6) is 0 Å². The summed E-state index contributed by atoms with van der Waals surface area (Å²) in [6, 6.07) is 10.1. The molecule has 0 spiro atoms. The van der Waals surface area contributed by atoms with Crippen molar-refractivity contribution in [2.45, 2.75) is 18.7 Å². The molecule has 0 N–H and O–H groups in total. The summed E-state index contributed by atoms with van der Waals surface area (Å²) in [5.74, 6) is -0.401. The first kappa shape index (κ1) is 20.9. The van der Waals surface area contributed by atoms with Crippen LogP contribution in [0.25, 0.3) is 10.2 Å². The first-order chi connectivity index (χ1) is 14.3. The van der Waals surface area contributed by atoms with Gasteiger partial charge in [-0.05, 0) is 55.3 Å². The van der Waals surface area contributed by atoms with Crippen molar-refractivity contribution in [2.24, 2.45) is 12.0 Å². The summed E-state index contributed by atoms with van der Waals surface area (Å²) in [5, 5.41) is 0. The Hall–Kier alpha value is -2.33. The van der Waals surface area contributed by atoms with Crippen LogP contribution in [0.4, 0.5) is 0 Å². The molecule has 3 aromatic rings. The van der Waals surface area contributed by atoms with Gasteiger partial charge in [0.1, 0.15) is 0 Å². The molecule has 0 atom stereocenters. The number of fused-ring (bicyclic) bond motifs is 1. The zero-order valence-corrected chi connectivity index (χ0v) is 18.7. The number of benzene rings is 2. The van der Waals surface area contributed by atoms with Crippen molar-refractivity contribution in [2.75, 3.05) is 26.3 Å². The lowest BCUT2D eigenvalue weighted by Gasteiger charge is -2.26. The van der Waals surface area contributed by atoms with Gasteiger partial charge in [0.15, 0.2) is 4.80 Å². The number of carbonyl (C=O) groups is 1. The van der Waals surface area contributed by atoms with Crippen LogP contribution in [-0.2, 0) is 21.8 Å². The van der Waals surface area contributed by atoms with E-state index in [1.807, 2.05) is 17.7 Å². The molecule has 0 unspecified atom stereocenters. The molecule has 1 aliphatic heterocycles. The maximum absolute atomic E-state index is 12.7. The molecule has 0 bridgehead atoms. The van der Waals surface area contributed by atoms with Gasteiger partial charge in [0.25, 0.3) is 5.91 Å². The molecular weight excluding hydrogens is 422 g/mol. The van der Waals surface area contributed by atoms with Crippen LogP contribution in [-0.4, -0.2) is 49.5 Å². The smallest absolute Gasteiger partial charge is 0.279 e. The molecule has 0 saturated carbocycles. The van der Waals surface area contributed by atoms with Crippen molar-refractivity contribution < 1.29 is 17.9 Å². The molecule has 30 heavy (non-hydrogen) atoms. The maximum Gasteiger partial charge on any atom is 0.279 e. The maximum atomic E-state index is 12.7. The fraction of sp³-hybridized carbons (Fsp3) is 0.333. The Labute approximate surface area is 179 Å². The molecule has 9 heteroatoms. The minimum absolute atomic E-state index is 0.166. The standard InChI is InChI=1S/C21H23N3O4S2/c1-14-4-9-18-19(15(14)2)23(3)21(29-18)22-20(25)16-5-7-17(8-6-16)30(26,27)24-10-12-28-13-11-24/h4-9H,10-13H2,1-3H3. The van der Waals surface area contributed by atoms with E-state index in [0.29, 0.717) is 36.7 Å². The topological polar surface area (TPSA) is 81.0 Å². The van der Waals surface area contributed by atoms with Crippen LogP contribution in [0.1, 0.15) is 21.5 Å². The van der Waals surface area contributed by atoms with Crippen LogP contribution in [0.3, 0.4) is 0 Å². The van der Waals surface area contributed by atoms with E-state index >= 15 is 0 Å². The van der Waals surface area contributed by atoms with Crippen LogP contribution in [0, 0.1) is 13.8 Å². The zero-order valence-electron chi connectivity index (χ0n) is 17.1. The number of thiazole rings is 1. The Morgan fingerprint density at radius 1 is 1.07 bits per heavy atom. The molecule has 1 aliphatic rings. The number of rotatable bonds is 3. The fourth-order valence-electron chi connectivity index (χ4n) is 3.49. The van der Waals surface area contributed by atoms with Crippen LogP contribution < -0.4 is 4.80 Å². The Morgan fingerprint density at radius 2 is 1.73 bits per heavy atom. The Kier molecular flexibility index (Phi) is 5.63. The quantitative estimate of drug-likeness (QED) is 0.621. The van der Waals surface area contributed by atoms with E-state index in [1.54, 1.807) is 0 Å². The van der Waals surface area contributed by atoms with E-state index in [-0.39, 0.29) is 4.90 Å². The highest BCUT2D eigenvalue weighted by atomic mass is 32.2. The molecule has 158 valence electrons. The average molecular weight is 446 g/mol. The zero-order chi connectivity index (χ0) is 21.5. The van der Waals surface area contributed by atoms with E-state index in [4.69, 9.17) is 4.74 Å². The highest BCUT2D eigenvalue weighted by molar-refractivity contribution is 7.89. The number of aromatic nitrogens is 1. The van der Waals surface area contributed by atoms with E-state index < -0.39 is 15.9 Å². The van der Waals surface area contributed by atoms with E-state index in [0.717, 1.165) is 15.8 Å². The number of sulfonamides is 1. The van der Waals surface area contributed by atoms with Crippen molar-refractivity contribution in [3.8, 4) is 0 Å². The second-order valence-corrected chi connectivity index (χ2v) is 10.2. The lowest BCUT2D eigenvalue weighted by Crippen LogP contribution is -2.40. The highest BCUT2D eigenvalue weighted by Crippen LogP contribution is 2.23. The second kappa shape index (κ2) is 8.07. The van der Waals surface area contributed by atoms with E-state index in [9.17, 15) is 13.2 Å². The largest absolute Gasteiger partial charge is 0.379 e. The summed E-state index contributed by atoms with van der Waals surface area (Å²) < 4.78 is 35.1. The normalized spacial score (nSPS) is 16.3. The molecule has 0 aliphatic carbocycles. The SMILES string of the molecule is Cc1ccc2sc(=NC(=O)c3ccc(S(=O)(=O)N4CCOCC4)cc3)n(C)c2c1C. The third kappa shape index (κ3) is 3.74. The van der Waals surface area contributed by atoms with Gasteiger partial charge in [-0.25, -0.2) is 8.42 Å². The number of ether oxygens (including phenoxy) is 1. The number of hydrogen-bond donors (Lipinski definition) is 0. The molecule has 1 aromatic heterocycles. The Balaban J connectivity index is 1.64. The molecule has 2 heterocycles. The number of amides is 1. The van der Waals surface area contributed by atoms with Crippen LogP contribution >= 0.6 is 11.3 Å². The average Bonchev–Trinajstić information content (AvgIpc) is 3.07. The number of hydrogen-bond acceptors (Lipinski definition) is 5. The van der Waals surface area contributed by atoms with Crippen molar-refractivity contribution in [1.82, 2.24) is 8.87 Å². The lowest BCUT2D eigenvalue weighted by molar-refractivity contribution is 0.0730. The monoisotopic (exact) mass is 445 g/mol. The summed E-state index contributed by atoms with van der Waals surface area (Å²) in [5.41, 5.74) is 3.77.